The summed E-state index contributed by atoms with van der Waals surface area (Å²) in [5, 5.41) is 6.74. The molecule has 1 aromatic heterocycles. The van der Waals surface area contributed by atoms with Crippen molar-refractivity contribution in [1.82, 2.24) is 4.72 Å². The van der Waals surface area contributed by atoms with Crippen LogP contribution in [0.15, 0.2) is 11.4 Å². The monoisotopic (exact) mass is 250 g/mol. The van der Waals surface area contributed by atoms with Crippen molar-refractivity contribution in [2.45, 2.75) is 19.9 Å². The van der Waals surface area contributed by atoms with E-state index in [9.17, 15) is 8.42 Å². The largest absolute Gasteiger partial charge is 0.493 e. The van der Waals surface area contributed by atoms with Crippen molar-refractivity contribution in [1.29, 1.82) is 0 Å². The molecule has 0 aromatic carbocycles. The van der Waals surface area contributed by atoms with Crippen molar-refractivity contribution in [3.8, 4) is 5.75 Å². The highest BCUT2D eigenvalue weighted by atomic mass is 32.2. The van der Waals surface area contributed by atoms with Crippen molar-refractivity contribution in [3.05, 3.63) is 16.3 Å². The van der Waals surface area contributed by atoms with Crippen molar-refractivity contribution < 1.29 is 13.2 Å². The van der Waals surface area contributed by atoms with Crippen LogP contribution in [0.1, 0.15) is 24.8 Å². The van der Waals surface area contributed by atoms with Crippen LogP contribution < -0.4 is 14.6 Å². The summed E-state index contributed by atoms with van der Waals surface area (Å²) in [6.45, 7) is 4.14. The summed E-state index contributed by atoms with van der Waals surface area (Å²) in [6, 6.07) is 1.44. The van der Waals surface area contributed by atoms with Crippen LogP contribution in [-0.4, -0.2) is 15.0 Å². The van der Waals surface area contributed by atoms with E-state index in [-0.39, 0.29) is 6.04 Å². The molecule has 1 heterocycles. The van der Waals surface area contributed by atoms with Crippen LogP contribution in [0.5, 0.6) is 5.75 Å². The molecule has 0 spiro atoms. The average molecular weight is 250 g/mol. The first-order chi connectivity index (χ1) is 6.94. The minimum absolute atomic E-state index is 0.374. The molecule has 0 fully saturated rings. The van der Waals surface area contributed by atoms with Gasteiger partial charge in [0, 0.05) is 0 Å². The van der Waals surface area contributed by atoms with Gasteiger partial charge in [-0.05, 0) is 25.3 Å². The SMILES string of the molecule is CCOc1ccsc1C(C)NS(N)(=O)=O. The number of rotatable bonds is 5. The Morgan fingerprint density at radius 1 is 1.67 bits per heavy atom. The molecule has 1 rings (SSSR count). The Hall–Kier alpha value is -0.630. The Labute approximate surface area is 93.4 Å². The van der Waals surface area contributed by atoms with Crippen LogP contribution in [0.2, 0.25) is 0 Å². The van der Waals surface area contributed by atoms with Crippen molar-refractivity contribution in [2.75, 3.05) is 6.61 Å². The van der Waals surface area contributed by atoms with Crippen molar-refractivity contribution in [2.24, 2.45) is 5.14 Å². The van der Waals surface area contributed by atoms with E-state index in [0.717, 1.165) is 4.88 Å². The highest BCUT2D eigenvalue weighted by Gasteiger charge is 2.16. The fraction of sp³-hybridized carbons (Fsp3) is 0.500. The second kappa shape index (κ2) is 4.93. The minimum atomic E-state index is -3.68. The highest BCUT2D eigenvalue weighted by molar-refractivity contribution is 7.87. The molecule has 0 amide bonds. The smallest absolute Gasteiger partial charge is 0.274 e. The molecule has 0 aliphatic carbocycles. The highest BCUT2D eigenvalue weighted by Crippen LogP contribution is 2.30. The Balaban J connectivity index is 2.81. The molecule has 0 saturated carbocycles. The second-order valence-corrected chi connectivity index (χ2v) is 5.24. The van der Waals surface area contributed by atoms with Gasteiger partial charge in [-0.3, -0.25) is 0 Å². The molecule has 7 heteroatoms. The Morgan fingerprint density at radius 3 is 2.87 bits per heavy atom. The van der Waals surface area contributed by atoms with Gasteiger partial charge in [-0.15, -0.1) is 11.3 Å². The minimum Gasteiger partial charge on any atom is -0.493 e. The number of hydrogen-bond acceptors (Lipinski definition) is 4. The first-order valence-corrected chi connectivity index (χ1v) is 6.87. The van der Waals surface area contributed by atoms with Gasteiger partial charge in [0.25, 0.3) is 10.2 Å². The van der Waals surface area contributed by atoms with E-state index in [1.54, 1.807) is 6.92 Å². The number of nitrogens with one attached hydrogen (secondary N) is 1. The topological polar surface area (TPSA) is 81.4 Å². The van der Waals surface area contributed by atoms with Gasteiger partial charge < -0.3 is 4.74 Å². The third-order valence-corrected chi connectivity index (χ3v) is 3.45. The van der Waals surface area contributed by atoms with Crippen LogP contribution in [0.4, 0.5) is 0 Å². The maximum absolute atomic E-state index is 10.8. The molecule has 0 aliphatic rings. The summed E-state index contributed by atoms with van der Waals surface area (Å²) in [5.41, 5.74) is 0. The molecule has 0 saturated heterocycles. The van der Waals surface area contributed by atoms with Gasteiger partial charge in [-0.1, -0.05) is 0 Å². The third kappa shape index (κ3) is 3.78. The van der Waals surface area contributed by atoms with Crippen LogP contribution in [-0.2, 0) is 10.2 Å². The van der Waals surface area contributed by atoms with Crippen LogP contribution >= 0.6 is 11.3 Å². The van der Waals surface area contributed by atoms with Gasteiger partial charge in [0.15, 0.2) is 0 Å². The van der Waals surface area contributed by atoms with E-state index >= 15 is 0 Å². The summed E-state index contributed by atoms with van der Waals surface area (Å²) in [7, 11) is -3.68. The van der Waals surface area contributed by atoms with Gasteiger partial charge >= 0.3 is 0 Å². The molecule has 3 N–H and O–H groups in total. The van der Waals surface area contributed by atoms with E-state index in [1.807, 2.05) is 18.4 Å². The zero-order valence-corrected chi connectivity index (χ0v) is 10.2. The molecular weight excluding hydrogens is 236 g/mol. The van der Waals surface area contributed by atoms with Crippen LogP contribution in [0.25, 0.3) is 0 Å². The number of thiophene rings is 1. The lowest BCUT2D eigenvalue weighted by Gasteiger charge is -2.12. The van der Waals surface area contributed by atoms with E-state index in [1.165, 1.54) is 11.3 Å². The predicted octanol–water partition coefficient (Wildman–Crippen LogP) is 1.00. The Bertz CT molecular complexity index is 413. The standard InChI is InChI=1S/C8H14N2O3S2/c1-3-13-7-4-5-14-8(7)6(2)10-15(9,11)12/h4-6,10H,3H2,1-2H3,(H2,9,11,12). The van der Waals surface area contributed by atoms with Gasteiger partial charge in [-0.2, -0.15) is 13.1 Å². The van der Waals surface area contributed by atoms with E-state index in [2.05, 4.69) is 4.72 Å². The summed E-state index contributed by atoms with van der Waals surface area (Å²) >= 11 is 1.43. The maximum Gasteiger partial charge on any atom is 0.274 e. The lowest BCUT2D eigenvalue weighted by molar-refractivity contribution is 0.336. The molecule has 5 nitrogen and oxygen atoms in total. The average Bonchev–Trinajstić information content (AvgIpc) is 2.49. The second-order valence-electron chi connectivity index (χ2n) is 2.97. The molecule has 0 bridgehead atoms. The fourth-order valence-corrected chi connectivity index (χ4v) is 2.73. The van der Waals surface area contributed by atoms with Gasteiger partial charge in [0.2, 0.25) is 0 Å². The Morgan fingerprint density at radius 2 is 2.33 bits per heavy atom. The zero-order valence-electron chi connectivity index (χ0n) is 8.56. The fourth-order valence-electron chi connectivity index (χ4n) is 1.20. The van der Waals surface area contributed by atoms with Crippen LogP contribution in [0, 0.1) is 0 Å². The van der Waals surface area contributed by atoms with Gasteiger partial charge in [0.05, 0.1) is 17.5 Å². The molecule has 0 radical (unpaired) electrons. The molecular formula is C8H14N2O3S2. The molecule has 0 aliphatic heterocycles. The van der Waals surface area contributed by atoms with Gasteiger partial charge in [-0.25, -0.2) is 5.14 Å². The lowest BCUT2D eigenvalue weighted by Crippen LogP contribution is -2.32. The molecule has 86 valence electrons. The molecule has 1 aromatic rings. The number of hydrogen-bond donors (Lipinski definition) is 2. The molecule has 1 unspecified atom stereocenters. The molecule has 1 atom stereocenters. The van der Waals surface area contributed by atoms with E-state index < -0.39 is 10.2 Å². The van der Waals surface area contributed by atoms with Crippen molar-refractivity contribution >= 4 is 21.5 Å². The number of ether oxygens (including phenoxy) is 1. The summed E-state index contributed by atoms with van der Waals surface area (Å²) in [5.74, 6) is 0.700. The lowest BCUT2D eigenvalue weighted by atomic mass is 10.3. The van der Waals surface area contributed by atoms with Gasteiger partial charge in [0.1, 0.15) is 5.75 Å². The summed E-state index contributed by atoms with van der Waals surface area (Å²) in [4.78, 5) is 0.825. The van der Waals surface area contributed by atoms with E-state index in [4.69, 9.17) is 9.88 Å². The zero-order chi connectivity index (χ0) is 11.5. The van der Waals surface area contributed by atoms with Crippen LogP contribution in [0.3, 0.4) is 0 Å². The normalized spacial score (nSPS) is 13.8. The summed E-state index contributed by atoms with van der Waals surface area (Å²) < 4.78 is 29.3. The third-order valence-electron chi connectivity index (χ3n) is 1.69. The first-order valence-electron chi connectivity index (χ1n) is 4.44. The summed E-state index contributed by atoms with van der Waals surface area (Å²) in [6.07, 6.45) is 0. The van der Waals surface area contributed by atoms with Crippen molar-refractivity contribution in [3.63, 3.8) is 0 Å². The number of nitrogens with two attached hydrogens (primary N) is 1. The Kier molecular flexibility index (Phi) is 4.09. The first kappa shape index (κ1) is 12.4. The van der Waals surface area contributed by atoms with E-state index in [0.29, 0.717) is 12.4 Å². The molecule has 15 heavy (non-hydrogen) atoms. The quantitative estimate of drug-likeness (QED) is 0.818. The maximum atomic E-state index is 10.8. The predicted molar refractivity (Wildman–Crippen MR) is 60.1 cm³/mol.